The second-order valence-corrected chi connectivity index (χ2v) is 4.36. The monoisotopic (exact) mass is 286 g/mol. The Morgan fingerprint density at radius 3 is 2.93 bits per heavy atom. The molecule has 0 amide bonds. The van der Waals surface area contributed by atoms with Crippen LogP contribution in [0.2, 0.25) is 5.02 Å². The van der Waals surface area contributed by atoms with Crippen molar-refractivity contribution in [2.45, 2.75) is 6.04 Å². The third-order valence-corrected chi connectivity index (χ3v) is 2.86. The molecule has 4 heteroatoms. The van der Waals surface area contributed by atoms with Crippen LogP contribution in [-0.4, -0.2) is 13.1 Å². The fourth-order valence-corrected chi connectivity index (χ4v) is 1.91. The van der Waals surface area contributed by atoms with Gasteiger partial charge in [0.25, 0.3) is 0 Å². The van der Waals surface area contributed by atoms with Gasteiger partial charge in [0.15, 0.2) is 0 Å². The lowest BCUT2D eigenvalue weighted by molar-refractivity contribution is 0.582. The molecule has 1 rings (SSSR count). The Bertz CT molecular complexity index is 373. The number of terminal acetylenes is 1. The molecule has 0 aromatic heterocycles. The van der Waals surface area contributed by atoms with E-state index in [1.54, 1.807) is 0 Å². The van der Waals surface area contributed by atoms with Crippen molar-refractivity contribution >= 4 is 27.5 Å². The first kappa shape index (κ1) is 12.5. The molecule has 0 saturated carbocycles. The van der Waals surface area contributed by atoms with Crippen LogP contribution >= 0.6 is 27.5 Å². The first-order valence-electron chi connectivity index (χ1n) is 4.51. The van der Waals surface area contributed by atoms with Gasteiger partial charge in [-0.1, -0.05) is 33.5 Å². The molecular formula is C11H12BrClN2. The Kier molecular flexibility index (Phi) is 5.13. The maximum Gasteiger partial charge on any atom is 0.0578 e. The zero-order chi connectivity index (χ0) is 11.3. The van der Waals surface area contributed by atoms with E-state index in [4.69, 9.17) is 23.8 Å². The molecule has 0 spiro atoms. The molecule has 1 atom stereocenters. The third kappa shape index (κ3) is 3.51. The number of rotatable bonds is 4. The molecule has 0 saturated heterocycles. The second kappa shape index (κ2) is 6.14. The highest BCUT2D eigenvalue weighted by Crippen LogP contribution is 2.25. The first-order chi connectivity index (χ1) is 7.19. The molecule has 1 unspecified atom stereocenters. The van der Waals surface area contributed by atoms with Gasteiger partial charge in [0, 0.05) is 22.1 Å². The van der Waals surface area contributed by atoms with E-state index in [0.29, 0.717) is 18.1 Å². The minimum atomic E-state index is -0.00829. The van der Waals surface area contributed by atoms with Gasteiger partial charge in [-0.25, -0.2) is 0 Å². The fourth-order valence-electron chi connectivity index (χ4n) is 1.28. The van der Waals surface area contributed by atoms with Crippen molar-refractivity contribution in [3.63, 3.8) is 0 Å². The Morgan fingerprint density at radius 1 is 1.60 bits per heavy atom. The van der Waals surface area contributed by atoms with Crippen molar-refractivity contribution in [1.82, 2.24) is 5.32 Å². The van der Waals surface area contributed by atoms with Gasteiger partial charge in [-0.3, -0.25) is 5.32 Å². The van der Waals surface area contributed by atoms with Crippen LogP contribution < -0.4 is 11.1 Å². The average Bonchev–Trinajstić information content (AvgIpc) is 2.24. The molecule has 0 radical (unpaired) electrons. The summed E-state index contributed by atoms with van der Waals surface area (Å²) in [6, 6.07) is 5.66. The molecular weight excluding hydrogens is 275 g/mol. The normalized spacial score (nSPS) is 12.1. The maximum absolute atomic E-state index is 6.08. The number of benzene rings is 1. The summed E-state index contributed by atoms with van der Waals surface area (Å²) < 4.78 is 0.975. The van der Waals surface area contributed by atoms with Crippen molar-refractivity contribution in [3.8, 4) is 12.3 Å². The lowest BCUT2D eigenvalue weighted by atomic mass is 10.1. The van der Waals surface area contributed by atoms with Crippen molar-refractivity contribution < 1.29 is 0 Å². The summed E-state index contributed by atoms with van der Waals surface area (Å²) >= 11 is 9.48. The SMILES string of the molecule is C#CCNC(CN)c1cc(Br)ccc1Cl. The minimum Gasteiger partial charge on any atom is -0.329 e. The van der Waals surface area contributed by atoms with Crippen molar-refractivity contribution in [3.05, 3.63) is 33.3 Å². The summed E-state index contributed by atoms with van der Waals surface area (Å²) in [5.74, 6) is 2.51. The Labute approximate surface area is 103 Å². The van der Waals surface area contributed by atoms with E-state index in [0.717, 1.165) is 10.0 Å². The van der Waals surface area contributed by atoms with E-state index in [9.17, 15) is 0 Å². The van der Waals surface area contributed by atoms with Gasteiger partial charge in [-0.2, -0.15) is 0 Å². The summed E-state index contributed by atoms with van der Waals surface area (Å²) in [4.78, 5) is 0. The molecule has 1 aromatic rings. The van der Waals surface area contributed by atoms with Crippen LogP contribution in [0.5, 0.6) is 0 Å². The predicted molar refractivity (Wildman–Crippen MR) is 67.8 cm³/mol. The molecule has 0 aliphatic heterocycles. The number of hydrogen-bond acceptors (Lipinski definition) is 2. The maximum atomic E-state index is 6.08. The van der Waals surface area contributed by atoms with E-state index >= 15 is 0 Å². The highest BCUT2D eigenvalue weighted by Gasteiger charge is 2.12. The molecule has 0 heterocycles. The summed E-state index contributed by atoms with van der Waals surface area (Å²) in [6.45, 7) is 0.933. The summed E-state index contributed by atoms with van der Waals surface area (Å²) in [5, 5.41) is 3.83. The Balaban J connectivity index is 2.91. The molecule has 0 aliphatic rings. The molecule has 0 aliphatic carbocycles. The van der Waals surface area contributed by atoms with Crippen LogP contribution in [0.1, 0.15) is 11.6 Å². The van der Waals surface area contributed by atoms with E-state index in [1.807, 2.05) is 18.2 Å². The van der Waals surface area contributed by atoms with Crippen LogP contribution in [0.3, 0.4) is 0 Å². The summed E-state index contributed by atoms with van der Waals surface area (Å²) in [5.41, 5.74) is 6.62. The Morgan fingerprint density at radius 2 is 2.33 bits per heavy atom. The molecule has 3 N–H and O–H groups in total. The highest BCUT2D eigenvalue weighted by molar-refractivity contribution is 9.10. The summed E-state index contributed by atoms with van der Waals surface area (Å²) in [6.07, 6.45) is 5.18. The Hall–Kier alpha value is -0.530. The first-order valence-corrected chi connectivity index (χ1v) is 5.68. The van der Waals surface area contributed by atoms with Crippen molar-refractivity contribution in [2.75, 3.05) is 13.1 Å². The predicted octanol–water partition coefficient (Wildman–Crippen LogP) is 2.33. The zero-order valence-corrected chi connectivity index (χ0v) is 10.5. The third-order valence-electron chi connectivity index (χ3n) is 2.02. The van der Waals surface area contributed by atoms with Crippen LogP contribution in [0, 0.1) is 12.3 Å². The van der Waals surface area contributed by atoms with Crippen LogP contribution in [-0.2, 0) is 0 Å². The number of nitrogens with two attached hydrogens (primary N) is 1. The van der Waals surface area contributed by atoms with Crippen LogP contribution in [0.25, 0.3) is 0 Å². The average molecular weight is 288 g/mol. The minimum absolute atomic E-state index is 0.00829. The molecule has 1 aromatic carbocycles. The van der Waals surface area contributed by atoms with Crippen LogP contribution in [0.4, 0.5) is 0 Å². The molecule has 15 heavy (non-hydrogen) atoms. The standard InChI is InChI=1S/C11H12BrClN2/c1-2-5-15-11(7-14)9-6-8(12)3-4-10(9)13/h1,3-4,6,11,15H,5,7,14H2. The number of halogens is 2. The van der Waals surface area contributed by atoms with Gasteiger partial charge in [0.05, 0.1) is 6.54 Å². The van der Waals surface area contributed by atoms with Gasteiger partial charge in [-0.05, 0) is 23.8 Å². The van der Waals surface area contributed by atoms with Gasteiger partial charge < -0.3 is 5.73 Å². The number of nitrogens with one attached hydrogen (secondary N) is 1. The lowest BCUT2D eigenvalue weighted by Gasteiger charge is -2.17. The second-order valence-electron chi connectivity index (χ2n) is 3.04. The number of hydrogen-bond donors (Lipinski definition) is 2. The van der Waals surface area contributed by atoms with Crippen molar-refractivity contribution in [1.29, 1.82) is 0 Å². The molecule has 0 fully saturated rings. The molecule has 80 valence electrons. The quantitative estimate of drug-likeness (QED) is 0.834. The zero-order valence-electron chi connectivity index (χ0n) is 8.13. The van der Waals surface area contributed by atoms with E-state index < -0.39 is 0 Å². The van der Waals surface area contributed by atoms with Gasteiger partial charge in [0.2, 0.25) is 0 Å². The van der Waals surface area contributed by atoms with Gasteiger partial charge >= 0.3 is 0 Å². The highest BCUT2D eigenvalue weighted by atomic mass is 79.9. The molecule has 2 nitrogen and oxygen atoms in total. The smallest absolute Gasteiger partial charge is 0.0578 e. The van der Waals surface area contributed by atoms with E-state index in [2.05, 4.69) is 27.2 Å². The van der Waals surface area contributed by atoms with Crippen LogP contribution in [0.15, 0.2) is 22.7 Å². The van der Waals surface area contributed by atoms with Crippen molar-refractivity contribution in [2.24, 2.45) is 5.73 Å². The van der Waals surface area contributed by atoms with Gasteiger partial charge in [0.1, 0.15) is 0 Å². The molecule has 0 bridgehead atoms. The van der Waals surface area contributed by atoms with E-state index in [-0.39, 0.29) is 6.04 Å². The fraction of sp³-hybridized carbons (Fsp3) is 0.273. The van der Waals surface area contributed by atoms with Gasteiger partial charge in [-0.15, -0.1) is 6.42 Å². The summed E-state index contributed by atoms with van der Waals surface area (Å²) in [7, 11) is 0. The largest absolute Gasteiger partial charge is 0.329 e. The van der Waals surface area contributed by atoms with E-state index in [1.165, 1.54) is 0 Å². The topological polar surface area (TPSA) is 38.0 Å². The lowest BCUT2D eigenvalue weighted by Crippen LogP contribution is -2.28.